The van der Waals surface area contributed by atoms with Gasteiger partial charge in [-0.3, -0.25) is 4.79 Å². The molecule has 7 heteroatoms. The molecule has 1 aromatic carbocycles. The minimum absolute atomic E-state index is 0.226. The van der Waals surface area contributed by atoms with Crippen LogP contribution < -0.4 is 10.9 Å². The molecule has 2 N–H and O–H groups in total. The number of rotatable bonds is 3. The second-order valence-electron chi connectivity index (χ2n) is 6.02. The molecule has 1 aliphatic heterocycles. The molecule has 0 spiro atoms. The number of aromatic nitrogens is 3. The molecule has 0 bridgehead atoms. The summed E-state index contributed by atoms with van der Waals surface area (Å²) in [5.41, 5.74) is 1.48. The van der Waals surface area contributed by atoms with Gasteiger partial charge in [0.25, 0.3) is 5.56 Å². The van der Waals surface area contributed by atoms with Crippen LogP contribution in [0.4, 0.5) is 5.95 Å². The molecule has 0 aliphatic carbocycles. The van der Waals surface area contributed by atoms with Crippen molar-refractivity contribution in [3.05, 3.63) is 51.9 Å². The van der Waals surface area contributed by atoms with Gasteiger partial charge < -0.3 is 15.0 Å². The maximum atomic E-state index is 12.5. The monoisotopic (exact) mass is 386 g/mol. The van der Waals surface area contributed by atoms with E-state index in [1.165, 1.54) is 0 Å². The molecule has 4 rings (SSSR count). The lowest BCUT2D eigenvalue weighted by Crippen LogP contribution is -2.28. The largest absolute Gasteiger partial charge is 0.381 e. The highest BCUT2D eigenvalue weighted by Crippen LogP contribution is 2.26. The molecule has 2 aromatic heterocycles. The third-order valence-electron chi connectivity index (χ3n) is 4.31. The summed E-state index contributed by atoms with van der Waals surface area (Å²) in [7, 11) is 0. The Kier molecular flexibility index (Phi) is 6.42. The van der Waals surface area contributed by atoms with Crippen molar-refractivity contribution in [1.82, 2.24) is 15.0 Å². The van der Waals surface area contributed by atoms with Crippen LogP contribution in [-0.2, 0) is 4.74 Å². The number of anilines is 1. The molecule has 0 atom stereocenters. The summed E-state index contributed by atoms with van der Waals surface area (Å²) in [6.07, 6.45) is 3.55. The van der Waals surface area contributed by atoms with E-state index >= 15 is 0 Å². The van der Waals surface area contributed by atoms with Crippen LogP contribution in [0.2, 0.25) is 5.02 Å². The van der Waals surface area contributed by atoms with Crippen LogP contribution >= 0.6 is 11.6 Å². The molecule has 0 saturated carbocycles. The van der Waals surface area contributed by atoms with Gasteiger partial charge in [-0.15, -0.1) is 0 Å². The second kappa shape index (κ2) is 8.97. The summed E-state index contributed by atoms with van der Waals surface area (Å²) < 4.78 is 5.35. The Morgan fingerprint density at radius 3 is 2.67 bits per heavy atom. The lowest BCUT2D eigenvalue weighted by Gasteiger charge is -2.23. The lowest BCUT2D eigenvalue weighted by molar-refractivity contribution is 0.0903. The van der Waals surface area contributed by atoms with E-state index in [0.29, 0.717) is 33.8 Å². The van der Waals surface area contributed by atoms with E-state index in [4.69, 9.17) is 16.3 Å². The van der Waals surface area contributed by atoms with Crippen molar-refractivity contribution in [2.45, 2.75) is 32.7 Å². The van der Waals surface area contributed by atoms with Crippen LogP contribution in [0.15, 0.2) is 41.3 Å². The molecule has 0 radical (unpaired) electrons. The second-order valence-corrected chi connectivity index (χ2v) is 6.43. The summed E-state index contributed by atoms with van der Waals surface area (Å²) >= 11 is 6.21. The van der Waals surface area contributed by atoms with Crippen molar-refractivity contribution in [1.29, 1.82) is 0 Å². The molecule has 1 aliphatic rings. The van der Waals surface area contributed by atoms with Gasteiger partial charge in [0.2, 0.25) is 5.95 Å². The standard InChI is InChI=1S/C18H17ClN4O2.C2H6/c19-15-4-2-1-3-13(15)14-9-11-10-20-18(23-16(11)22-17(14)24)21-12-5-7-25-8-6-12;1-2/h1-4,9-10,12H,5-8H2,(H2,20,21,22,23,24);1-2H3. The van der Waals surface area contributed by atoms with Gasteiger partial charge in [0, 0.05) is 47.0 Å². The maximum absolute atomic E-state index is 12.5. The molecule has 6 nitrogen and oxygen atoms in total. The summed E-state index contributed by atoms with van der Waals surface area (Å²) in [5.74, 6) is 0.514. The molecular weight excluding hydrogens is 364 g/mol. The fourth-order valence-corrected chi connectivity index (χ4v) is 3.20. The van der Waals surface area contributed by atoms with Crippen LogP contribution in [0.1, 0.15) is 26.7 Å². The molecule has 0 unspecified atom stereocenters. The van der Waals surface area contributed by atoms with E-state index in [1.54, 1.807) is 18.3 Å². The number of aromatic amines is 1. The minimum atomic E-state index is -0.226. The number of halogens is 1. The number of nitrogens with one attached hydrogen (secondary N) is 2. The average molecular weight is 387 g/mol. The Morgan fingerprint density at radius 2 is 1.93 bits per heavy atom. The fourth-order valence-electron chi connectivity index (χ4n) is 2.97. The van der Waals surface area contributed by atoms with Crippen LogP contribution in [0, 0.1) is 0 Å². The number of pyridine rings is 1. The average Bonchev–Trinajstić information content (AvgIpc) is 2.70. The first-order chi connectivity index (χ1) is 13.2. The molecule has 1 fully saturated rings. The van der Waals surface area contributed by atoms with Gasteiger partial charge in [0.15, 0.2) is 0 Å². The van der Waals surface area contributed by atoms with Gasteiger partial charge in [-0.25, -0.2) is 4.98 Å². The molecule has 27 heavy (non-hydrogen) atoms. The zero-order chi connectivity index (χ0) is 19.2. The van der Waals surface area contributed by atoms with Crippen molar-refractivity contribution in [3.8, 4) is 11.1 Å². The van der Waals surface area contributed by atoms with Crippen LogP contribution in [0.3, 0.4) is 0 Å². The predicted octanol–water partition coefficient (Wildman–Crippen LogP) is 4.26. The van der Waals surface area contributed by atoms with Crippen molar-refractivity contribution < 1.29 is 4.74 Å². The van der Waals surface area contributed by atoms with Crippen molar-refractivity contribution in [2.24, 2.45) is 0 Å². The minimum Gasteiger partial charge on any atom is -0.381 e. The van der Waals surface area contributed by atoms with Gasteiger partial charge in [-0.2, -0.15) is 4.98 Å². The number of hydrogen-bond donors (Lipinski definition) is 2. The van der Waals surface area contributed by atoms with Gasteiger partial charge in [0.05, 0.1) is 0 Å². The van der Waals surface area contributed by atoms with Gasteiger partial charge >= 0.3 is 0 Å². The van der Waals surface area contributed by atoms with E-state index in [0.717, 1.165) is 31.4 Å². The van der Waals surface area contributed by atoms with Crippen molar-refractivity contribution in [3.63, 3.8) is 0 Å². The fraction of sp³-hybridized carbons (Fsp3) is 0.350. The summed E-state index contributed by atoms with van der Waals surface area (Å²) in [6, 6.07) is 9.33. The highest BCUT2D eigenvalue weighted by atomic mass is 35.5. The number of H-pyrrole nitrogens is 1. The molecule has 0 amide bonds. The summed E-state index contributed by atoms with van der Waals surface area (Å²) in [6.45, 7) is 5.48. The Bertz CT molecular complexity index is 968. The van der Waals surface area contributed by atoms with Gasteiger partial charge in [-0.05, 0) is 25.0 Å². The first kappa shape index (κ1) is 19.3. The predicted molar refractivity (Wildman–Crippen MR) is 109 cm³/mol. The van der Waals surface area contributed by atoms with Crippen molar-refractivity contribution in [2.75, 3.05) is 18.5 Å². The first-order valence-electron chi connectivity index (χ1n) is 9.20. The quantitative estimate of drug-likeness (QED) is 0.703. The van der Waals surface area contributed by atoms with Gasteiger partial charge in [0.1, 0.15) is 5.65 Å². The normalized spacial score (nSPS) is 14.5. The van der Waals surface area contributed by atoms with E-state index in [2.05, 4.69) is 20.3 Å². The van der Waals surface area contributed by atoms with Crippen LogP contribution in [0.25, 0.3) is 22.2 Å². The zero-order valence-electron chi connectivity index (χ0n) is 15.5. The molecule has 3 heterocycles. The lowest BCUT2D eigenvalue weighted by atomic mass is 10.1. The third-order valence-corrected chi connectivity index (χ3v) is 4.64. The Morgan fingerprint density at radius 1 is 1.19 bits per heavy atom. The van der Waals surface area contributed by atoms with Gasteiger partial charge in [-0.1, -0.05) is 43.6 Å². The topological polar surface area (TPSA) is 79.9 Å². The Labute approximate surface area is 163 Å². The maximum Gasteiger partial charge on any atom is 0.257 e. The van der Waals surface area contributed by atoms with E-state index in [-0.39, 0.29) is 5.56 Å². The highest BCUT2D eigenvalue weighted by Gasteiger charge is 2.15. The summed E-state index contributed by atoms with van der Waals surface area (Å²) in [4.78, 5) is 24.1. The van der Waals surface area contributed by atoms with E-state index in [9.17, 15) is 4.79 Å². The molecule has 142 valence electrons. The third kappa shape index (κ3) is 4.46. The van der Waals surface area contributed by atoms with Crippen molar-refractivity contribution >= 4 is 28.6 Å². The Balaban J connectivity index is 0.00000102. The number of benzene rings is 1. The zero-order valence-corrected chi connectivity index (χ0v) is 16.2. The molecule has 1 saturated heterocycles. The number of ether oxygens (including phenoxy) is 1. The highest BCUT2D eigenvalue weighted by molar-refractivity contribution is 6.33. The smallest absolute Gasteiger partial charge is 0.257 e. The van der Waals surface area contributed by atoms with E-state index < -0.39 is 0 Å². The first-order valence-corrected chi connectivity index (χ1v) is 9.58. The molecule has 3 aromatic rings. The SMILES string of the molecule is CC.O=c1[nH]c2nc(NC3CCOCC3)ncc2cc1-c1ccccc1Cl. The van der Waals surface area contributed by atoms with Crippen LogP contribution in [-0.4, -0.2) is 34.2 Å². The molecular formula is C20H23ClN4O2. The Hall–Kier alpha value is -2.44. The summed E-state index contributed by atoms with van der Waals surface area (Å²) in [5, 5.41) is 4.59. The number of nitrogens with zero attached hydrogens (tertiary/aromatic N) is 2. The van der Waals surface area contributed by atoms with Crippen LogP contribution in [0.5, 0.6) is 0 Å². The number of fused-ring (bicyclic) bond motifs is 1. The van der Waals surface area contributed by atoms with E-state index in [1.807, 2.05) is 32.0 Å². The number of hydrogen-bond acceptors (Lipinski definition) is 5.